The first-order valence-corrected chi connectivity index (χ1v) is 6.16. The zero-order valence-corrected chi connectivity index (χ0v) is 9.46. The molecule has 2 nitrogen and oxygen atoms in total. The Labute approximate surface area is 87.4 Å². The standard InChI is InChI=1S/C12H23NO/c1-3-12(10-4-5-10)13-8-11-6-7-14-9(11)2/h9-13H,3-8H2,1-2H3. The van der Waals surface area contributed by atoms with Gasteiger partial charge >= 0.3 is 0 Å². The number of hydrogen-bond donors (Lipinski definition) is 1. The number of nitrogens with one attached hydrogen (secondary N) is 1. The van der Waals surface area contributed by atoms with Gasteiger partial charge in [0, 0.05) is 19.2 Å². The van der Waals surface area contributed by atoms with Gasteiger partial charge in [-0.25, -0.2) is 0 Å². The lowest BCUT2D eigenvalue weighted by atomic mass is 10.0. The highest BCUT2D eigenvalue weighted by molar-refractivity contribution is 4.87. The lowest BCUT2D eigenvalue weighted by molar-refractivity contribution is 0.104. The normalized spacial score (nSPS) is 34.7. The monoisotopic (exact) mass is 197 g/mol. The molecule has 2 aliphatic rings. The predicted octanol–water partition coefficient (Wildman–Crippen LogP) is 2.19. The second kappa shape index (κ2) is 4.63. The summed E-state index contributed by atoms with van der Waals surface area (Å²) in [6.07, 6.45) is 5.89. The Bertz CT molecular complexity index is 177. The molecule has 82 valence electrons. The van der Waals surface area contributed by atoms with Gasteiger partial charge in [0.05, 0.1) is 6.10 Å². The highest BCUT2D eigenvalue weighted by atomic mass is 16.5. The van der Waals surface area contributed by atoms with E-state index in [4.69, 9.17) is 4.74 Å². The van der Waals surface area contributed by atoms with Crippen molar-refractivity contribution in [1.29, 1.82) is 0 Å². The van der Waals surface area contributed by atoms with E-state index >= 15 is 0 Å². The second-order valence-electron chi connectivity index (χ2n) is 4.89. The van der Waals surface area contributed by atoms with E-state index in [2.05, 4.69) is 19.2 Å². The Morgan fingerprint density at radius 3 is 2.64 bits per heavy atom. The molecule has 1 aliphatic heterocycles. The Morgan fingerprint density at radius 1 is 1.36 bits per heavy atom. The Morgan fingerprint density at radius 2 is 2.14 bits per heavy atom. The van der Waals surface area contributed by atoms with Gasteiger partial charge in [-0.2, -0.15) is 0 Å². The Hall–Kier alpha value is -0.0800. The molecule has 1 heterocycles. The fraction of sp³-hybridized carbons (Fsp3) is 1.00. The van der Waals surface area contributed by atoms with Crippen molar-refractivity contribution in [2.24, 2.45) is 11.8 Å². The highest BCUT2D eigenvalue weighted by Crippen LogP contribution is 2.34. The van der Waals surface area contributed by atoms with Crippen molar-refractivity contribution >= 4 is 0 Å². The summed E-state index contributed by atoms with van der Waals surface area (Å²) in [6.45, 7) is 6.63. The SMILES string of the molecule is CCC(NCC1CCOC1C)C1CC1. The molecule has 3 unspecified atom stereocenters. The van der Waals surface area contributed by atoms with Crippen molar-refractivity contribution in [3.63, 3.8) is 0 Å². The van der Waals surface area contributed by atoms with Crippen LogP contribution in [0.5, 0.6) is 0 Å². The number of rotatable bonds is 5. The van der Waals surface area contributed by atoms with Crippen LogP contribution in [0, 0.1) is 11.8 Å². The largest absolute Gasteiger partial charge is 0.378 e. The van der Waals surface area contributed by atoms with E-state index in [-0.39, 0.29) is 0 Å². The van der Waals surface area contributed by atoms with E-state index in [1.807, 2.05) is 0 Å². The third-order valence-corrected chi connectivity index (χ3v) is 3.81. The van der Waals surface area contributed by atoms with Crippen molar-refractivity contribution in [1.82, 2.24) is 5.32 Å². The molecule has 0 aromatic carbocycles. The van der Waals surface area contributed by atoms with Crippen molar-refractivity contribution in [2.75, 3.05) is 13.2 Å². The van der Waals surface area contributed by atoms with Gasteiger partial charge in [-0.3, -0.25) is 0 Å². The van der Waals surface area contributed by atoms with Crippen molar-refractivity contribution in [2.45, 2.75) is 51.7 Å². The maximum atomic E-state index is 5.57. The fourth-order valence-corrected chi connectivity index (χ4v) is 2.49. The molecule has 0 aromatic rings. The van der Waals surface area contributed by atoms with E-state index in [1.54, 1.807) is 0 Å². The van der Waals surface area contributed by atoms with Gasteiger partial charge in [-0.05, 0) is 44.4 Å². The summed E-state index contributed by atoms with van der Waals surface area (Å²) in [7, 11) is 0. The third-order valence-electron chi connectivity index (χ3n) is 3.81. The first kappa shape index (κ1) is 10.4. The summed E-state index contributed by atoms with van der Waals surface area (Å²) in [4.78, 5) is 0. The molecule has 0 aromatic heterocycles. The molecule has 0 radical (unpaired) electrons. The maximum Gasteiger partial charge on any atom is 0.0588 e. The minimum atomic E-state index is 0.471. The summed E-state index contributed by atoms with van der Waals surface area (Å²) < 4.78 is 5.57. The van der Waals surface area contributed by atoms with Crippen LogP contribution in [-0.2, 0) is 4.74 Å². The molecule has 1 aliphatic carbocycles. The summed E-state index contributed by atoms with van der Waals surface area (Å²) in [6, 6.07) is 0.780. The zero-order chi connectivity index (χ0) is 9.97. The summed E-state index contributed by atoms with van der Waals surface area (Å²) in [5.74, 6) is 1.74. The van der Waals surface area contributed by atoms with Gasteiger partial charge in [0.15, 0.2) is 0 Å². The minimum absolute atomic E-state index is 0.471. The average Bonchev–Trinajstić information content (AvgIpc) is 2.93. The maximum absolute atomic E-state index is 5.57. The lowest BCUT2D eigenvalue weighted by Crippen LogP contribution is -2.36. The van der Waals surface area contributed by atoms with E-state index in [0.29, 0.717) is 6.10 Å². The molecular formula is C12H23NO. The molecule has 1 N–H and O–H groups in total. The van der Waals surface area contributed by atoms with Crippen LogP contribution in [0.25, 0.3) is 0 Å². The quantitative estimate of drug-likeness (QED) is 0.729. The second-order valence-corrected chi connectivity index (χ2v) is 4.89. The molecule has 1 saturated heterocycles. The predicted molar refractivity (Wildman–Crippen MR) is 58.3 cm³/mol. The molecular weight excluding hydrogens is 174 g/mol. The number of hydrogen-bond acceptors (Lipinski definition) is 2. The van der Waals surface area contributed by atoms with E-state index < -0.39 is 0 Å². The first-order chi connectivity index (χ1) is 6.81. The van der Waals surface area contributed by atoms with Gasteiger partial charge in [-0.1, -0.05) is 6.92 Å². The molecule has 1 saturated carbocycles. The topological polar surface area (TPSA) is 21.3 Å². The van der Waals surface area contributed by atoms with E-state index in [1.165, 1.54) is 25.7 Å². The summed E-state index contributed by atoms with van der Waals surface area (Å²) in [5, 5.41) is 3.72. The molecule has 2 rings (SSSR count). The van der Waals surface area contributed by atoms with E-state index in [0.717, 1.165) is 31.0 Å². The minimum Gasteiger partial charge on any atom is -0.378 e. The third kappa shape index (κ3) is 2.48. The van der Waals surface area contributed by atoms with Gasteiger partial charge in [0.25, 0.3) is 0 Å². The van der Waals surface area contributed by atoms with Crippen molar-refractivity contribution in [3.8, 4) is 0 Å². The van der Waals surface area contributed by atoms with Crippen LogP contribution < -0.4 is 5.32 Å². The molecule has 14 heavy (non-hydrogen) atoms. The van der Waals surface area contributed by atoms with Crippen LogP contribution in [-0.4, -0.2) is 25.3 Å². The molecule has 0 bridgehead atoms. The summed E-state index contributed by atoms with van der Waals surface area (Å²) >= 11 is 0. The van der Waals surface area contributed by atoms with Crippen LogP contribution >= 0.6 is 0 Å². The van der Waals surface area contributed by atoms with Gasteiger partial charge in [0.2, 0.25) is 0 Å². The van der Waals surface area contributed by atoms with Crippen LogP contribution in [0.1, 0.15) is 39.5 Å². The van der Waals surface area contributed by atoms with Crippen LogP contribution in [0.3, 0.4) is 0 Å². The molecule has 0 spiro atoms. The molecule has 2 heteroatoms. The highest BCUT2D eigenvalue weighted by Gasteiger charge is 2.31. The van der Waals surface area contributed by atoms with Gasteiger partial charge in [-0.15, -0.1) is 0 Å². The van der Waals surface area contributed by atoms with Crippen molar-refractivity contribution in [3.05, 3.63) is 0 Å². The Kier molecular flexibility index (Phi) is 3.45. The van der Waals surface area contributed by atoms with Gasteiger partial charge in [0.1, 0.15) is 0 Å². The molecule has 0 amide bonds. The summed E-state index contributed by atoms with van der Waals surface area (Å²) in [5.41, 5.74) is 0. The van der Waals surface area contributed by atoms with Crippen LogP contribution in [0.15, 0.2) is 0 Å². The number of ether oxygens (including phenoxy) is 1. The Balaban J connectivity index is 1.69. The van der Waals surface area contributed by atoms with Crippen LogP contribution in [0.4, 0.5) is 0 Å². The first-order valence-electron chi connectivity index (χ1n) is 6.16. The van der Waals surface area contributed by atoms with Gasteiger partial charge < -0.3 is 10.1 Å². The fourth-order valence-electron chi connectivity index (χ4n) is 2.49. The molecule has 3 atom stereocenters. The smallest absolute Gasteiger partial charge is 0.0588 e. The molecule has 2 fully saturated rings. The lowest BCUT2D eigenvalue weighted by Gasteiger charge is -2.20. The van der Waals surface area contributed by atoms with E-state index in [9.17, 15) is 0 Å². The van der Waals surface area contributed by atoms with Crippen LogP contribution in [0.2, 0.25) is 0 Å². The zero-order valence-electron chi connectivity index (χ0n) is 9.46. The average molecular weight is 197 g/mol. The van der Waals surface area contributed by atoms with Crippen molar-refractivity contribution < 1.29 is 4.74 Å².